The molecule has 0 saturated carbocycles. The topological polar surface area (TPSA) is 77.7 Å². The number of thioether (sulfide) groups is 1. The minimum atomic E-state index is -0.197. The average Bonchev–Trinajstić information content (AvgIpc) is 3.05. The number of aromatic nitrogens is 2. The number of aryl methyl sites for hydroxylation is 1. The monoisotopic (exact) mass is 398 g/mol. The van der Waals surface area contributed by atoms with Gasteiger partial charge in [-0.3, -0.25) is 4.79 Å². The molecule has 0 aliphatic carbocycles. The fourth-order valence-electron chi connectivity index (χ4n) is 2.69. The Kier molecular flexibility index (Phi) is 6.20. The Morgan fingerprint density at radius 2 is 1.93 bits per heavy atom. The molecular weight excluding hydrogens is 376 g/mol. The molecule has 7 nitrogen and oxygen atoms in total. The standard InChI is InChI=1S/C20H22N4O3S/c1-13(14-9-10-17(26-3)18(11-14)27-4)22-23-19(25)12-28-20-21-15-7-5-6-8-16(15)24(20)2/h5-11H,12H2,1-4H3,(H,23,25)/b22-13-. The summed E-state index contributed by atoms with van der Waals surface area (Å²) in [5, 5.41) is 4.97. The number of rotatable bonds is 7. The molecule has 1 N–H and O–H groups in total. The van der Waals surface area contributed by atoms with Crippen LogP contribution in [0.25, 0.3) is 11.0 Å². The fraction of sp³-hybridized carbons (Fsp3) is 0.250. The maximum atomic E-state index is 12.2. The third-order valence-electron chi connectivity index (χ3n) is 4.23. The second kappa shape index (κ2) is 8.79. The summed E-state index contributed by atoms with van der Waals surface area (Å²) in [4.78, 5) is 16.7. The van der Waals surface area contributed by atoms with Crippen molar-refractivity contribution in [3.05, 3.63) is 48.0 Å². The number of para-hydroxylation sites is 2. The molecule has 28 heavy (non-hydrogen) atoms. The molecule has 0 aliphatic rings. The van der Waals surface area contributed by atoms with Crippen LogP contribution in [0.3, 0.4) is 0 Å². The van der Waals surface area contributed by atoms with Crippen LogP contribution in [-0.2, 0) is 11.8 Å². The molecule has 0 atom stereocenters. The van der Waals surface area contributed by atoms with Gasteiger partial charge in [0.2, 0.25) is 0 Å². The minimum Gasteiger partial charge on any atom is -0.493 e. The van der Waals surface area contributed by atoms with Gasteiger partial charge in [0.15, 0.2) is 16.7 Å². The van der Waals surface area contributed by atoms with Crippen LogP contribution in [0.2, 0.25) is 0 Å². The molecule has 0 fully saturated rings. The number of imidazole rings is 1. The number of hydrogen-bond acceptors (Lipinski definition) is 6. The second-order valence-electron chi connectivity index (χ2n) is 6.03. The van der Waals surface area contributed by atoms with Gasteiger partial charge in [-0.2, -0.15) is 5.10 Å². The number of fused-ring (bicyclic) bond motifs is 1. The predicted molar refractivity (Wildman–Crippen MR) is 111 cm³/mol. The summed E-state index contributed by atoms with van der Waals surface area (Å²) in [7, 11) is 5.10. The van der Waals surface area contributed by atoms with Gasteiger partial charge in [-0.25, -0.2) is 10.4 Å². The SMILES string of the molecule is COc1ccc(/C(C)=N\NC(=O)CSc2nc3ccccc3n2C)cc1OC. The van der Waals surface area contributed by atoms with E-state index in [4.69, 9.17) is 9.47 Å². The highest BCUT2D eigenvalue weighted by atomic mass is 32.2. The number of carbonyl (C=O) groups is 1. The van der Waals surface area contributed by atoms with E-state index in [-0.39, 0.29) is 11.7 Å². The number of benzene rings is 2. The lowest BCUT2D eigenvalue weighted by molar-refractivity contribution is -0.118. The first-order chi connectivity index (χ1) is 13.5. The zero-order valence-corrected chi connectivity index (χ0v) is 17.0. The van der Waals surface area contributed by atoms with E-state index < -0.39 is 0 Å². The van der Waals surface area contributed by atoms with Crippen molar-refractivity contribution < 1.29 is 14.3 Å². The molecule has 0 unspecified atom stereocenters. The van der Waals surface area contributed by atoms with Gasteiger partial charge in [-0.15, -0.1) is 0 Å². The van der Waals surface area contributed by atoms with Crippen molar-refractivity contribution in [2.24, 2.45) is 12.1 Å². The molecule has 3 aromatic rings. The average molecular weight is 398 g/mol. The first-order valence-electron chi connectivity index (χ1n) is 8.63. The van der Waals surface area contributed by atoms with E-state index in [1.807, 2.05) is 54.9 Å². The van der Waals surface area contributed by atoms with Crippen molar-refractivity contribution in [2.45, 2.75) is 12.1 Å². The van der Waals surface area contributed by atoms with Crippen molar-refractivity contribution in [3.8, 4) is 11.5 Å². The molecule has 0 aliphatic heterocycles. The molecule has 0 spiro atoms. The van der Waals surface area contributed by atoms with E-state index in [0.717, 1.165) is 21.8 Å². The van der Waals surface area contributed by atoms with Crippen LogP contribution in [0.4, 0.5) is 0 Å². The number of hydrogen-bond donors (Lipinski definition) is 1. The summed E-state index contributed by atoms with van der Waals surface area (Å²) in [6, 6.07) is 13.4. The normalized spacial score (nSPS) is 11.5. The third kappa shape index (κ3) is 4.28. The summed E-state index contributed by atoms with van der Waals surface area (Å²) >= 11 is 1.37. The van der Waals surface area contributed by atoms with Gasteiger partial charge in [-0.1, -0.05) is 23.9 Å². The molecule has 146 valence electrons. The van der Waals surface area contributed by atoms with Crippen molar-refractivity contribution in [1.82, 2.24) is 15.0 Å². The lowest BCUT2D eigenvalue weighted by atomic mass is 10.1. The van der Waals surface area contributed by atoms with Crippen LogP contribution in [0, 0.1) is 0 Å². The van der Waals surface area contributed by atoms with Gasteiger partial charge >= 0.3 is 0 Å². The van der Waals surface area contributed by atoms with Gasteiger partial charge in [0.1, 0.15) is 0 Å². The number of methoxy groups -OCH3 is 2. The van der Waals surface area contributed by atoms with Crippen LogP contribution in [0.15, 0.2) is 52.7 Å². The van der Waals surface area contributed by atoms with Crippen molar-refractivity contribution >= 4 is 34.4 Å². The number of nitrogens with zero attached hydrogens (tertiary/aromatic N) is 3. The summed E-state index contributed by atoms with van der Waals surface area (Å²) in [5.74, 6) is 1.27. The summed E-state index contributed by atoms with van der Waals surface area (Å²) in [6.07, 6.45) is 0. The molecule has 1 amide bonds. The molecule has 3 rings (SSSR count). The van der Waals surface area contributed by atoms with Crippen LogP contribution in [0.1, 0.15) is 12.5 Å². The maximum Gasteiger partial charge on any atom is 0.250 e. The Hall–Kier alpha value is -3.00. The third-order valence-corrected chi connectivity index (χ3v) is 5.26. The number of amides is 1. The van der Waals surface area contributed by atoms with E-state index in [2.05, 4.69) is 15.5 Å². The van der Waals surface area contributed by atoms with Gasteiger partial charge in [0.05, 0.1) is 36.7 Å². The summed E-state index contributed by atoms with van der Waals surface area (Å²) in [5.41, 5.74) is 6.04. The van der Waals surface area contributed by atoms with Crippen molar-refractivity contribution in [2.75, 3.05) is 20.0 Å². The number of nitrogens with one attached hydrogen (secondary N) is 1. The van der Waals surface area contributed by atoms with Crippen molar-refractivity contribution in [1.29, 1.82) is 0 Å². The molecular formula is C20H22N4O3S. The van der Waals surface area contributed by atoms with Gasteiger partial charge in [0, 0.05) is 12.6 Å². The first kappa shape index (κ1) is 19.8. The smallest absolute Gasteiger partial charge is 0.250 e. The molecule has 0 radical (unpaired) electrons. The predicted octanol–water partition coefficient (Wildman–Crippen LogP) is 3.22. The largest absolute Gasteiger partial charge is 0.493 e. The van der Waals surface area contributed by atoms with Crippen LogP contribution < -0.4 is 14.9 Å². The minimum absolute atomic E-state index is 0.197. The molecule has 8 heteroatoms. The Labute approximate surface area is 167 Å². The highest BCUT2D eigenvalue weighted by Crippen LogP contribution is 2.27. The van der Waals surface area contributed by atoms with Crippen LogP contribution in [-0.4, -0.2) is 41.1 Å². The highest BCUT2D eigenvalue weighted by molar-refractivity contribution is 7.99. The summed E-state index contributed by atoms with van der Waals surface area (Å²) < 4.78 is 12.5. The van der Waals surface area contributed by atoms with Crippen molar-refractivity contribution in [3.63, 3.8) is 0 Å². The first-order valence-corrected chi connectivity index (χ1v) is 9.62. The highest BCUT2D eigenvalue weighted by Gasteiger charge is 2.11. The molecule has 1 heterocycles. The maximum absolute atomic E-state index is 12.2. The van der Waals surface area contributed by atoms with Gasteiger partial charge in [0.25, 0.3) is 5.91 Å². The lowest BCUT2D eigenvalue weighted by Gasteiger charge is -2.09. The Morgan fingerprint density at radius 1 is 1.18 bits per heavy atom. The van der Waals surface area contributed by atoms with Crippen LogP contribution >= 0.6 is 11.8 Å². The molecule has 2 aromatic carbocycles. The van der Waals surface area contributed by atoms with E-state index in [9.17, 15) is 4.79 Å². The number of hydrazone groups is 1. The fourth-order valence-corrected chi connectivity index (χ4v) is 3.47. The van der Waals surface area contributed by atoms with E-state index >= 15 is 0 Å². The van der Waals surface area contributed by atoms with Gasteiger partial charge in [-0.05, 0) is 37.3 Å². The zero-order valence-electron chi connectivity index (χ0n) is 16.2. The van der Waals surface area contributed by atoms with E-state index in [1.54, 1.807) is 20.3 Å². The number of ether oxygens (including phenoxy) is 2. The van der Waals surface area contributed by atoms with E-state index in [1.165, 1.54) is 11.8 Å². The molecule has 0 bridgehead atoms. The molecule has 1 aromatic heterocycles. The zero-order chi connectivity index (χ0) is 20.1. The van der Waals surface area contributed by atoms with Gasteiger partial charge < -0.3 is 14.0 Å². The number of carbonyl (C=O) groups excluding carboxylic acids is 1. The Morgan fingerprint density at radius 3 is 2.64 bits per heavy atom. The molecule has 0 saturated heterocycles. The second-order valence-corrected chi connectivity index (χ2v) is 6.98. The summed E-state index contributed by atoms with van der Waals surface area (Å²) in [6.45, 7) is 1.82. The lowest BCUT2D eigenvalue weighted by Crippen LogP contribution is -2.21. The Bertz CT molecular complexity index is 1030. The quantitative estimate of drug-likeness (QED) is 0.376. The van der Waals surface area contributed by atoms with E-state index in [0.29, 0.717) is 17.2 Å². The Balaban J connectivity index is 1.62. The van der Waals surface area contributed by atoms with Crippen LogP contribution in [0.5, 0.6) is 11.5 Å².